The number of halogens is 2. The van der Waals surface area contributed by atoms with Crippen LogP contribution in [0.3, 0.4) is 0 Å². The minimum Gasteiger partial charge on any atom is -0.435 e. The summed E-state index contributed by atoms with van der Waals surface area (Å²) < 4.78 is 33.6. The molecular formula is C13H17F2NO2. The standard InChI is InChI=1S/C13H17F2NO2/c14-13(15)18-12-5-3-11(4-6-12)16-8-10-2-1-7-17-9-10/h3-6,10,13,16H,1-2,7-9H2. The lowest BCUT2D eigenvalue weighted by Crippen LogP contribution is -2.24. The Bertz CT molecular complexity index is 351. The molecule has 0 spiro atoms. The number of anilines is 1. The molecule has 1 aromatic rings. The third-order valence-corrected chi connectivity index (χ3v) is 2.93. The van der Waals surface area contributed by atoms with E-state index in [0.717, 1.165) is 31.9 Å². The Labute approximate surface area is 105 Å². The minimum absolute atomic E-state index is 0.177. The van der Waals surface area contributed by atoms with Crippen LogP contribution in [0, 0.1) is 5.92 Å². The highest BCUT2D eigenvalue weighted by atomic mass is 19.3. The Kier molecular flexibility index (Phi) is 4.75. The molecule has 1 fully saturated rings. The number of alkyl halides is 2. The monoisotopic (exact) mass is 257 g/mol. The summed E-state index contributed by atoms with van der Waals surface area (Å²) in [6, 6.07) is 6.54. The summed E-state index contributed by atoms with van der Waals surface area (Å²) in [5, 5.41) is 3.27. The van der Waals surface area contributed by atoms with Crippen molar-refractivity contribution >= 4 is 5.69 Å². The van der Waals surface area contributed by atoms with E-state index in [4.69, 9.17) is 4.74 Å². The van der Waals surface area contributed by atoms with Crippen LogP contribution >= 0.6 is 0 Å². The van der Waals surface area contributed by atoms with E-state index in [2.05, 4.69) is 10.1 Å². The molecule has 5 heteroatoms. The first kappa shape index (κ1) is 13.1. The summed E-state index contributed by atoms with van der Waals surface area (Å²) in [5.41, 5.74) is 0.905. The van der Waals surface area contributed by atoms with E-state index < -0.39 is 6.61 Å². The SMILES string of the molecule is FC(F)Oc1ccc(NCC2CCCOC2)cc1. The average Bonchev–Trinajstić information content (AvgIpc) is 2.38. The van der Waals surface area contributed by atoms with E-state index in [-0.39, 0.29) is 5.75 Å². The third kappa shape index (κ3) is 4.14. The van der Waals surface area contributed by atoms with Gasteiger partial charge in [0.15, 0.2) is 0 Å². The molecule has 1 aliphatic rings. The maximum absolute atomic E-state index is 12.0. The molecule has 1 atom stereocenters. The Morgan fingerprint density at radius 1 is 1.33 bits per heavy atom. The quantitative estimate of drug-likeness (QED) is 0.879. The molecule has 3 nitrogen and oxygen atoms in total. The molecule has 1 saturated heterocycles. The van der Waals surface area contributed by atoms with Crippen LogP contribution in [0.25, 0.3) is 0 Å². The maximum Gasteiger partial charge on any atom is 0.387 e. The normalized spacial score (nSPS) is 19.8. The maximum atomic E-state index is 12.0. The van der Waals surface area contributed by atoms with Crippen LogP contribution in [-0.4, -0.2) is 26.4 Å². The lowest BCUT2D eigenvalue weighted by atomic mass is 10.0. The van der Waals surface area contributed by atoms with E-state index in [1.165, 1.54) is 18.6 Å². The van der Waals surface area contributed by atoms with Gasteiger partial charge in [0.05, 0.1) is 6.61 Å². The third-order valence-electron chi connectivity index (χ3n) is 2.93. The molecule has 1 N–H and O–H groups in total. The molecule has 0 aliphatic carbocycles. The van der Waals surface area contributed by atoms with Gasteiger partial charge in [-0.1, -0.05) is 0 Å². The smallest absolute Gasteiger partial charge is 0.387 e. The van der Waals surface area contributed by atoms with Gasteiger partial charge in [0.1, 0.15) is 5.75 Å². The molecule has 0 aromatic heterocycles. The predicted octanol–water partition coefficient (Wildman–Crippen LogP) is 3.13. The van der Waals surface area contributed by atoms with Gasteiger partial charge in [-0.2, -0.15) is 8.78 Å². The lowest BCUT2D eigenvalue weighted by Gasteiger charge is -2.22. The fourth-order valence-electron chi connectivity index (χ4n) is 1.98. The van der Waals surface area contributed by atoms with Crippen LogP contribution in [0.15, 0.2) is 24.3 Å². The fourth-order valence-corrected chi connectivity index (χ4v) is 1.98. The topological polar surface area (TPSA) is 30.5 Å². The highest BCUT2D eigenvalue weighted by Gasteiger charge is 2.13. The average molecular weight is 257 g/mol. The molecule has 1 aromatic carbocycles. The summed E-state index contributed by atoms with van der Waals surface area (Å²) in [6.45, 7) is -0.284. The predicted molar refractivity (Wildman–Crippen MR) is 65.1 cm³/mol. The van der Waals surface area contributed by atoms with Gasteiger partial charge in [-0.25, -0.2) is 0 Å². The zero-order chi connectivity index (χ0) is 12.8. The largest absolute Gasteiger partial charge is 0.435 e. The van der Waals surface area contributed by atoms with Gasteiger partial charge in [-0.05, 0) is 43.0 Å². The highest BCUT2D eigenvalue weighted by molar-refractivity contribution is 5.46. The van der Waals surface area contributed by atoms with Crippen molar-refractivity contribution in [1.82, 2.24) is 0 Å². The Balaban J connectivity index is 1.78. The van der Waals surface area contributed by atoms with Crippen LogP contribution in [-0.2, 0) is 4.74 Å². The van der Waals surface area contributed by atoms with Crippen molar-refractivity contribution < 1.29 is 18.3 Å². The molecule has 1 aliphatic heterocycles. The van der Waals surface area contributed by atoms with Crippen LogP contribution in [0.2, 0.25) is 0 Å². The molecule has 100 valence electrons. The first-order chi connectivity index (χ1) is 8.74. The van der Waals surface area contributed by atoms with Crippen LogP contribution in [0.1, 0.15) is 12.8 Å². The summed E-state index contributed by atoms with van der Waals surface area (Å²) >= 11 is 0. The van der Waals surface area contributed by atoms with Crippen molar-refractivity contribution in [3.8, 4) is 5.75 Å². The molecule has 1 unspecified atom stereocenters. The Morgan fingerprint density at radius 2 is 2.11 bits per heavy atom. The number of hydrogen-bond acceptors (Lipinski definition) is 3. The number of ether oxygens (including phenoxy) is 2. The van der Waals surface area contributed by atoms with Crippen LogP contribution in [0.4, 0.5) is 14.5 Å². The van der Waals surface area contributed by atoms with Gasteiger partial charge in [0, 0.05) is 18.8 Å². The van der Waals surface area contributed by atoms with Crippen LogP contribution < -0.4 is 10.1 Å². The second kappa shape index (κ2) is 6.54. The number of benzene rings is 1. The van der Waals surface area contributed by atoms with E-state index >= 15 is 0 Å². The number of nitrogens with one attached hydrogen (secondary N) is 1. The van der Waals surface area contributed by atoms with Crippen molar-refractivity contribution in [2.24, 2.45) is 5.92 Å². The second-order valence-corrected chi connectivity index (χ2v) is 4.37. The number of rotatable bonds is 5. The molecule has 1 heterocycles. The van der Waals surface area contributed by atoms with Crippen LogP contribution in [0.5, 0.6) is 5.75 Å². The second-order valence-electron chi connectivity index (χ2n) is 4.37. The lowest BCUT2D eigenvalue weighted by molar-refractivity contribution is -0.0498. The first-order valence-corrected chi connectivity index (χ1v) is 6.10. The van der Waals surface area contributed by atoms with Crippen molar-refractivity contribution in [3.63, 3.8) is 0 Å². The molecule has 18 heavy (non-hydrogen) atoms. The summed E-state index contributed by atoms with van der Waals surface area (Å²) in [7, 11) is 0. The molecule has 2 rings (SSSR count). The molecule has 0 saturated carbocycles. The molecular weight excluding hydrogens is 240 g/mol. The van der Waals surface area contributed by atoms with Gasteiger partial charge < -0.3 is 14.8 Å². The van der Waals surface area contributed by atoms with E-state index in [0.29, 0.717) is 5.92 Å². The summed E-state index contributed by atoms with van der Waals surface area (Å²) in [4.78, 5) is 0. The molecule has 0 amide bonds. The zero-order valence-corrected chi connectivity index (χ0v) is 10.1. The van der Waals surface area contributed by atoms with Gasteiger partial charge in [-0.15, -0.1) is 0 Å². The Morgan fingerprint density at radius 3 is 2.72 bits per heavy atom. The van der Waals surface area contributed by atoms with Crippen molar-refractivity contribution in [3.05, 3.63) is 24.3 Å². The van der Waals surface area contributed by atoms with Gasteiger partial charge in [0.25, 0.3) is 0 Å². The highest BCUT2D eigenvalue weighted by Crippen LogP contribution is 2.19. The minimum atomic E-state index is -2.77. The summed E-state index contributed by atoms with van der Waals surface area (Å²) in [6.07, 6.45) is 2.27. The number of hydrogen-bond donors (Lipinski definition) is 1. The summed E-state index contributed by atoms with van der Waals surface area (Å²) in [5.74, 6) is 0.701. The molecule has 0 bridgehead atoms. The fraction of sp³-hybridized carbons (Fsp3) is 0.538. The van der Waals surface area contributed by atoms with E-state index in [1.54, 1.807) is 12.1 Å². The van der Waals surface area contributed by atoms with Crippen molar-refractivity contribution in [2.75, 3.05) is 25.1 Å². The van der Waals surface area contributed by atoms with E-state index in [9.17, 15) is 8.78 Å². The van der Waals surface area contributed by atoms with Gasteiger partial charge in [0.2, 0.25) is 0 Å². The molecule has 0 radical (unpaired) electrons. The van der Waals surface area contributed by atoms with Crippen molar-refractivity contribution in [2.45, 2.75) is 19.5 Å². The Hall–Kier alpha value is -1.36. The van der Waals surface area contributed by atoms with E-state index in [1.807, 2.05) is 0 Å². The van der Waals surface area contributed by atoms with Gasteiger partial charge >= 0.3 is 6.61 Å². The van der Waals surface area contributed by atoms with Gasteiger partial charge in [-0.3, -0.25) is 0 Å². The first-order valence-electron chi connectivity index (χ1n) is 6.10. The zero-order valence-electron chi connectivity index (χ0n) is 10.1. The van der Waals surface area contributed by atoms with Crippen molar-refractivity contribution in [1.29, 1.82) is 0 Å².